The summed E-state index contributed by atoms with van der Waals surface area (Å²) in [5, 5.41) is 2.65. The van der Waals surface area contributed by atoms with E-state index in [2.05, 4.69) is 5.32 Å². The van der Waals surface area contributed by atoms with Crippen molar-refractivity contribution in [3.05, 3.63) is 59.5 Å². The molecule has 0 spiro atoms. The predicted molar refractivity (Wildman–Crippen MR) is 78.5 cm³/mol. The van der Waals surface area contributed by atoms with Gasteiger partial charge in [-0.25, -0.2) is 13.6 Å². The first-order valence-electron chi connectivity index (χ1n) is 6.94. The number of nitrogens with zero attached hydrogens (tertiary/aromatic N) is 1. The van der Waals surface area contributed by atoms with E-state index in [1.807, 2.05) is 18.2 Å². The van der Waals surface area contributed by atoms with Crippen LogP contribution in [0.4, 0.5) is 13.6 Å². The van der Waals surface area contributed by atoms with E-state index in [1.54, 1.807) is 25.1 Å². The average molecular weight is 308 g/mol. The van der Waals surface area contributed by atoms with Crippen LogP contribution >= 0.6 is 0 Å². The minimum absolute atomic E-state index is 0.140. The van der Waals surface area contributed by atoms with Gasteiger partial charge in [-0.2, -0.15) is 0 Å². The number of carbonyl (C=O) groups is 1. The molecule has 0 unspecified atom stereocenters. The van der Waals surface area contributed by atoms with Crippen LogP contribution in [0.3, 0.4) is 0 Å². The number of carbonyl (C=O) groups excluding carboxylic acids is 1. The molecule has 22 heavy (non-hydrogen) atoms. The number of rotatable bonds is 6. The van der Waals surface area contributed by atoms with Crippen molar-refractivity contribution in [1.29, 1.82) is 0 Å². The molecule has 0 saturated heterocycles. The molecule has 0 aliphatic rings. The van der Waals surface area contributed by atoms with Gasteiger partial charge in [0.25, 0.3) is 6.43 Å². The van der Waals surface area contributed by atoms with Crippen LogP contribution in [-0.4, -0.2) is 23.9 Å². The molecule has 118 valence electrons. The standard InChI is InChI=1S/C16H18F2N2O2/c1-12-14(7-8-22-12)9-19-16(21)20(11-15(17)18)10-13-5-3-2-4-6-13/h2-8,15H,9-11H2,1H3,(H,19,21). The molecule has 0 radical (unpaired) electrons. The monoisotopic (exact) mass is 308 g/mol. The molecule has 4 nitrogen and oxygen atoms in total. The SMILES string of the molecule is Cc1occc1CNC(=O)N(Cc1ccccc1)CC(F)F. The lowest BCUT2D eigenvalue weighted by atomic mass is 10.2. The van der Waals surface area contributed by atoms with Crippen LogP contribution in [0, 0.1) is 6.92 Å². The normalized spacial score (nSPS) is 10.7. The fourth-order valence-electron chi connectivity index (χ4n) is 2.07. The second-order valence-corrected chi connectivity index (χ2v) is 4.92. The highest BCUT2D eigenvalue weighted by atomic mass is 19.3. The van der Waals surface area contributed by atoms with Gasteiger partial charge in [-0.3, -0.25) is 0 Å². The molecule has 0 saturated carbocycles. The highest BCUT2D eigenvalue weighted by molar-refractivity contribution is 5.74. The lowest BCUT2D eigenvalue weighted by Crippen LogP contribution is -2.41. The Labute approximate surface area is 127 Å². The molecule has 1 aromatic carbocycles. The van der Waals surface area contributed by atoms with E-state index in [0.717, 1.165) is 16.0 Å². The van der Waals surface area contributed by atoms with Crippen molar-refractivity contribution in [3.8, 4) is 0 Å². The smallest absolute Gasteiger partial charge is 0.318 e. The molecule has 0 aliphatic carbocycles. The minimum Gasteiger partial charge on any atom is -0.469 e. The first kappa shape index (κ1) is 16.0. The summed E-state index contributed by atoms with van der Waals surface area (Å²) in [6.07, 6.45) is -1.05. The van der Waals surface area contributed by atoms with Crippen molar-refractivity contribution < 1.29 is 18.0 Å². The second-order valence-electron chi connectivity index (χ2n) is 4.92. The predicted octanol–water partition coefficient (Wildman–Crippen LogP) is 3.56. The third kappa shape index (κ3) is 4.58. The van der Waals surface area contributed by atoms with Gasteiger partial charge in [-0.05, 0) is 18.6 Å². The van der Waals surface area contributed by atoms with Crippen LogP contribution in [0.1, 0.15) is 16.9 Å². The lowest BCUT2D eigenvalue weighted by Gasteiger charge is -2.22. The van der Waals surface area contributed by atoms with Gasteiger partial charge < -0.3 is 14.6 Å². The van der Waals surface area contributed by atoms with E-state index < -0.39 is 19.0 Å². The Balaban J connectivity index is 1.98. The Hall–Kier alpha value is -2.37. The zero-order valence-corrected chi connectivity index (χ0v) is 12.3. The summed E-state index contributed by atoms with van der Waals surface area (Å²) in [5.74, 6) is 0.698. The lowest BCUT2D eigenvalue weighted by molar-refractivity contribution is 0.0956. The van der Waals surface area contributed by atoms with Crippen LogP contribution < -0.4 is 5.32 Å². The van der Waals surface area contributed by atoms with Crippen molar-refractivity contribution in [3.63, 3.8) is 0 Å². The molecule has 2 rings (SSSR count). The van der Waals surface area contributed by atoms with Crippen molar-refractivity contribution >= 4 is 6.03 Å². The number of urea groups is 1. The van der Waals surface area contributed by atoms with E-state index in [0.29, 0.717) is 5.76 Å². The van der Waals surface area contributed by atoms with Crippen molar-refractivity contribution in [1.82, 2.24) is 10.2 Å². The number of nitrogens with one attached hydrogen (secondary N) is 1. The summed E-state index contributed by atoms with van der Waals surface area (Å²) < 4.78 is 30.5. The number of benzene rings is 1. The van der Waals surface area contributed by atoms with E-state index in [1.165, 1.54) is 6.26 Å². The summed E-state index contributed by atoms with van der Waals surface area (Å²) in [4.78, 5) is 13.2. The second kappa shape index (κ2) is 7.59. The van der Waals surface area contributed by atoms with Crippen LogP contribution in [0.25, 0.3) is 0 Å². The molecule has 6 heteroatoms. The van der Waals surface area contributed by atoms with Crippen LogP contribution in [0.2, 0.25) is 0 Å². The van der Waals surface area contributed by atoms with Crippen LogP contribution in [0.15, 0.2) is 47.1 Å². The minimum atomic E-state index is -2.58. The van der Waals surface area contributed by atoms with E-state index in [4.69, 9.17) is 4.42 Å². The van der Waals surface area contributed by atoms with Crippen molar-refractivity contribution in [2.24, 2.45) is 0 Å². The fraction of sp³-hybridized carbons (Fsp3) is 0.312. The summed E-state index contributed by atoms with van der Waals surface area (Å²) in [6, 6.07) is 10.3. The van der Waals surface area contributed by atoms with Gasteiger partial charge in [0.15, 0.2) is 0 Å². The summed E-state index contributed by atoms with van der Waals surface area (Å²) >= 11 is 0. The number of hydrogen-bond acceptors (Lipinski definition) is 2. The highest BCUT2D eigenvalue weighted by Crippen LogP contribution is 2.10. The van der Waals surface area contributed by atoms with Gasteiger partial charge in [-0.15, -0.1) is 0 Å². The molecule has 1 N–H and O–H groups in total. The molecule has 0 atom stereocenters. The van der Waals surface area contributed by atoms with Gasteiger partial charge in [-0.1, -0.05) is 30.3 Å². The third-order valence-corrected chi connectivity index (χ3v) is 3.26. The number of furan rings is 1. The summed E-state index contributed by atoms with van der Waals surface area (Å²) in [5.41, 5.74) is 1.63. The Morgan fingerprint density at radius 2 is 2.00 bits per heavy atom. The van der Waals surface area contributed by atoms with E-state index >= 15 is 0 Å². The molecule has 0 fully saturated rings. The summed E-state index contributed by atoms with van der Waals surface area (Å²) in [6.45, 7) is 1.56. The molecule has 1 aromatic heterocycles. The van der Waals surface area contributed by atoms with Gasteiger partial charge in [0, 0.05) is 18.7 Å². The van der Waals surface area contributed by atoms with Gasteiger partial charge >= 0.3 is 6.03 Å². The molecule has 0 aliphatic heterocycles. The topological polar surface area (TPSA) is 45.5 Å². The summed E-state index contributed by atoms with van der Waals surface area (Å²) in [7, 11) is 0. The highest BCUT2D eigenvalue weighted by Gasteiger charge is 2.18. The van der Waals surface area contributed by atoms with E-state index in [9.17, 15) is 13.6 Å². The molecular weight excluding hydrogens is 290 g/mol. The molecular formula is C16H18F2N2O2. The van der Waals surface area contributed by atoms with Crippen molar-refractivity contribution in [2.45, 2.75) is 26.4 Å². The van der Waals surface area contributed by atoms with Gasteiger partial charge in [0.05, 0.1) is 12.8 Å². The third-order valence-electron chi connectivity index (χ3n) is 3.26. The number of aryl methyl sites for hydroxylation is 1. The number of hydrogen-bond donors (Lipinski definition) is 1. The molecule has 2 amide bonds. The average Bonchev–Trinajstić information content (AvgIpc) is 2.90. The molecule has 0 bridgehead atoms. The first-order chi connectivity index (χ1) is 10.6. The fourth-order valence-corrected chi connectivity index (χ4v) is 2.07. The molecule has 1 heterocycles. The Morgan fingerprint density at radius 3 is 2.59 bits per heavy atom. The zero-order valence-electron chi connectivity index (χ0n) is 12.3. The van der Waals surface area contributed by atoms with Crippen LogP contribution in [0.5, 0.6) is 0 Å². The Kier molecular flexibility index (Phi) is 5.52. The Morgan fingerprint density at radius 1 is 1.27 bits per heavy atom. The Bertz CT molecular complexity index is 599. The van der Waals surface area contributed by atoms with Crippen LogP contribution in [-0.2, 0) is 13.1 Å². The zero-order chi connectivity index (χ0) is 15.9. The maximum absolute atomic E-state index is 12.7. The largest absolute Gasteiger partial charge is 0.469 e. The number of alkyl halides is 2. The maximum Gasteiger partial charge on any atom is 0.318 e. The quantitative estimate of drug-likeness (QED) is 0.887. The first-order valence-corrected chi connectivity index (χ1v) is 6.94. The van der Waals surface area contributed by atoms with Gasteiger partial charge in [0.1, 0.15) is 5.76 Å². The van der Waals surface area contributed by atoms with Gasteiger partial charge in [0.2, 0.25) is 0 Å². The van der Waals surface area contributed by atoms with E-state index in [-0.39, 0.29) is 13.1 Å². The number of halogens is 2. The molecule has 2 aromatic rings. The maximum atomic E-state index is 12.7. The van der Waals surface area contributed by atoms with Crippen molar-refractivity contribution in [2.75, 3.05) is 6.54 Å². The number of amides is 2.